The molecule has 3 heterocycles. The lowest BCUT2D eigenvalue weighted by atomic mass is 10.0. The van der Waals surface area contributed by atoms with E-state index in [1.54, 1.807) is 0 Å². The van der Waals surface area contributed by atoms with Gasteiger partial charge >= 0.3 is 0 Å². The van der Waals surface area contributed by atoms with Gasteiger partial charge in [-0.2, -0.15) is 0 Å². The lowest BCUT2D eigenvalue weighted by Gasteiger charge is -2.00. The van der Waals surface area contributed by atoms with Crippen LogP contribution in [-0.2, 0) is 14.2 Å². The van der Waals surface area contributed by atoms with Crippen LogP contribution in [0.5, 0.6) is 0 Å². The summed E-state index contributed by atoms with van der Waals surface area (Å²) in [5, 5.41) is 0. The van der Waals surface area contributed by atoms with Crippen molar-refractivity contribution in [2.45, 2.75) is 101 Å². The predicted octanol–water partition coefficient (Wildman–Crippen LogP) is 3.45. The first kappa shape index (κ1) is 13.3. The van der Waals surface area contributed by atoms with E-state index in [1.807, 2.05) is 0 Å². The van der Waals surface area contributed by atoms with Gasteiger partial charge in [0, 0.05) is 0 Å². The Bertz CT molecular complexity index is 366. The number of rotatable bonds is 0. The fourth-order valence-corrected chi connectivity index (χ4v) is 5.13. The zero-order chi connectivity index (χ0) is 13.8. The molecule has 0 radical (unpaired) electrons. The quantitative estimate of drug-likeness (QED) is 0.642. The SMILES string of the molecule is C1CC2CC1C1OC21.C1CC2OC2C1.C1CCC2OC2C1. The second-order valence-corrected chi connectivity index (χ2v) is 8.04. The standard InChI is InChI=1S/C7H10O.C6H10O.C5H8O/c1-2-5-3-4(1)6-7(5)8-6;1-2-4-6-5(3-1)7-6;1-2-4-5(3-1)6-4/h4-7H,1-3H2;5-6H,1-4H2;4-5H,1-3H2. The van der Waals surface area contributed by atoms with Crippen LogP contribution >= 0.6 is 0 Å². The summed E-state index contributed by atoms with van der Waals surface area (Å²) in [6, 6.07) is 0. The normalized spacial score (nSPS) is 56.0. The first-order valence-electron chi connectivity index (χ1n) is 9.35. The third kappa shape index (κ3) is 2.77. The van der Waals surface area contributed by atoms with Crippen molar-refractivity contribution < 1.29 is 14.2 Å². The van der Waals surface area contributed by atoms with Crippen LogP contribution in [0.15, 0.2) is 0 Å². The smallest absolute Gasteiger partial charge is 0.0872 e. The van der Waals surface area contributed by atoms with Crippen LogP contribution in [0, 0.1) is 11.8 Å². The van der Waals surface area contributed by atoms with Crippen molar-refractivity contribution >= 4 is 0 Å². The molecule has 8 unspecified atom stereocenters. The van der Waals surface area contributed by atoms with Crippen LogP contribution in [0.3, 0.4) is 0 Å². The Hall–Kier alpha value is -0.120. The minimum atomic E-state index is 0.703. The second kappa shape index (κ2) is 5.21. The van der Waals surface area contributed by atoms with Gasteiger partial charge in [0.05, 0.1) is 36.6 Å². The molecule has 3 heteroatoms. The fourth-order valence-electron chi connectivity index (χ4n) is 5.13. The third-order valence-electron chi connectivity index (χ3n) is 6.58. The van der Waals surface area contributed by atoms with Crippen molar-refractivity contribution in [3.05, 3.63) is 0 Å². The molecule has 21 heavy (non-hydrogen) atoms. The lowest BCUT2D eigenvalue weighted by Crippen LogP contribution is -2.04. The van der Waals surface area contributed by atoms with E-state index >= 15 is 0 Å². The average molecular weight is 292 g/mol. The summed E-state index contributed by atoms with van der Waals surface area (Å²) in [6.07, 6.45) is 18.3. The molecule has 0 N–H and O–H groups in total. The van der Waals surface area contributed by atoms with Crippen molar-refractivity contribution in [1.82, 2.24) is 0 Å². The van der Waals surface area contributed by atoms with Crippen molar-refractivity contribution in [3.63, 3.8) is 0 Å². The summed E-state index contributed by atoms with van der Waals surface area (Å²) < 4.78 is 15.9. The van der Waals surface area contributed by atoms with Crippen molar-refractivity contribution in [1.29, 1.82) is 0 Å². The van der Waals surface area contributed by atoms with Crippen molar-refractivity contribution in [2.24, 2.45) is 11.8 Å². The molecule has 0 aromatic heterocycles. The largest absolute Gasteiger partial charge is 0.370 e. The Balaban J connectivity index is 0.0000000753. The zero-order valence-corrected chi connectivity index (χ0v) is 12.9. The van der Waals surface area contributed by atoms with E-state index in [0.717, 1.165) is 24.0 Å². The van der Waals surface area contributed by atoms with E-state index in [4.69, 9.17) is 14.2 Å². The Labute approximate surface area is 127 Å². The van der Waals surface area contributed by atoms with Gasteiger partial charge in [-0.3, -0.25) is 0 Å². The molecule has 7 fully saturated rings. The summed E-state index contributed by atoms with van der Waals surface area (Å²) in [5.41, 5.74) is 0. The van der Waals surface area contributed by atoms with E-state index in [2.05, 4.69) is 0 Å². The lowest BCUT2D eigenvalue weighted by molar-refractivity contribution is 0.264. The summed E-state index contributed by atoms with van der Waals surface area (Å²) in [4.78, 5) is 0. The first-order chi connectivity index (χ1) is 10.4. The van der Waals surface area contributed by atoms with Gasteiger partial charge in [-0.1, -0.05) is 12.8 Å². The van der Waals surface area contributed by atoms with Gasteiger partial charge in [-0.05, 0) is 63.2 Å². The molecule has 4 aliphatic carbocycles. The molecule has 3 aliphatic heterocycles. The molecule has 0 spiro atoms. The van der Waals surface area contributed by atoms with Crippen LogP contribution in [0.4, 0.5) is 0 Å². The molecule has 4 saturated carbocycles. The average Bonchev–Trinajstić information content (AvgIpc) is 3.50. The highest BCUT2D eigenvalue weighted by atomic mass is 16.6. The molecule has 3 nitrogen and oxygen atoms in total. The van der Waals surface area contributed by atoms with E-state index in [9.17, 15) is 0 Å². The second-order valence-electron chi connectivity index (χ2n) is 8.04. The minimum Gasteiger partial charge on any atom is -0.370 e. The number of fused-ring (bicyclic) bond motifs is 7. The van der Waals surface area contributed by atoms with Crippen LogP contribution in [0.1, 0.15) is 64.2 Å². The summed E-state index contributed by atoms with van der Waals surface area (Å²) in [6.45, 7) is 0. The Morgan fingerprint density at radius 2 is 0.952 bits per heavy atom. The van der Waals surface area contributed by atoms with Gasteiger partial charge in [0.15, 0.2) is 0 Å². The molecule has 0 amide bonds. The zero-order valence-electron chi connectivity index (χ0n) is 12.9. The van der Waals surface area contributed by atoms with E-state index in [1.165, 1.54) is 64.2 Å². The van der Waals surface area contributed by atoms with Crippen LogP contribution in [0.25, 0.3) is 0 Å². The number of hydrogen-bond donors (Lipinski definition) is 0. The maximum absolute atomic E-state index is 5.44. The molecule has 8 atom stereocenters. The molecular formula is C18H28O3. The monoisotopic (exact) mass is 292 g/mol. The predicted molar refractivity (Wildman–Crippen MR) is 79.1 cm³/mol. The van der Waals surface area contributed by atoms with Crippen LogP contribution in [-0.4, -0.2) is 36.6 Å². The Morgan fingerprint density at radius 1 is 0.476 bits per heavy atom. The molecule has 118 valence electrons. The van der Waals surface area contributed by atoms with Gasteiger partial charge in [-0.25, -0.2) is 0 Å². The summed E-state index contributed by atoms with van der Waals surface area (Å²) >= 11 is 0. The van der Waals surface area contributed by atoms with E-state index in [0.29, 0.717) is 24.4 Å². The maximum Gasteiger partial charge on any atom is 0.0872 e. The van der Waals surface area contributed by atoms with Gasteiger partial charge in [0.2, 0.25) is 0 Å². The van der Waals surface area contributed by atoms with Gasteiger partial charge in [0.1, 0.15) is 0 Å². The minimum absolute atomic E-state index is 0.703. The fraction of sp³-hybridized carbons (Fsp3) is 1.00. The van der Waals surface area contributed by atoms with Gasteiger partial charge < -0.3 is 14.2 Å². The summed E-state index contributed by atoms with van der Waals surface area (Å²) in [5.74, 6) is 1.98. The topological polar surface area (TPSA) is 37.6 Å². The molecule has 7 aliphatic rings. The number of epoxide rings is 3. The highest BCUT2D eigenvalue weighted by Gasteiger charge is 2.59. The van der Waals surface area contributed by atoms with Gasteiger partial charge in [0.25, 0.3) is 0 Å². The van der Waals surface area contributed by atoms with E-state index in [-0.39, 0.29) is 0 Å². The number of ether oxygens (including phenoxy) is 3. The summed E-state index contributed by atoms with van der Waals surface area (Å²) in [7, 11) is 0. The van der Waals surface area contributed by atoms with Crippen molar-refractivity contribution in [3.8, 4) is 0 Å². The molecule has 0 aromatic carbocycles. The number of hydrogen-bond acceptors (Lipinski definition) is 3. The Morgan fingerprint density at radius 3 is 1.29 bits per heavy atom. The highest BCUT2D eigenvalue weighted by Crippen LogP contribution is 2.56. The maximum atomic E-state index is 5.44. The molecular weight excluding hydrogens is 264 g/mol. The van der Waals surface area contributed by atoms with E-state index < -0.39 is 0 Å². The van der Waals surface area contributed by atoms with Crippen LogP contribution < -0.4 is 0 Å². The van der Waals surface area contributed by atoms with Crippen LogP contribution in [0.2, 0.25) is 0 Å². The highest BCUT2D eigenvalue weighted by molar-refractivity contribution is 5.07. The molecule has 7 rings (SSSR count). The van der Waals surface area contributed by atoms with Crippen molar-refractivity contribution in [2.75, 3.05) is 0 Å². The first-order valence-corrected chi connectivity index (χ1v) is 9.35. The third-order valence-corrected chi connectivity index (χ3v) is 6.58. The van der Waals surface area contributed by atoms with Gasteiger partial charge in [-0.15, -0.1) is 0 Å². The molecule has 3 saturated heterocycles. The molecule has 0 aromatic rings. The Kier molecular flexibility index (Phi) is 3.31. The molecule has 2 bridgehead atoms.